The van der Waals surface area contributed by atoms with Gasteiger partial charge in [-0.15, -0.1) is 16.4 Å². The maximum atomic E-state index is 11.1. The summed E-state index contributed by atoms with van der Waals surface area (Å²) in [6.07, 6.45) is 0. The second-order valence-electron chi connectivity index (χ2n) is 2.96. The number of hydrogen-bond acceptors (Lipinski definition) is 9. The summed E-state index contributed by atoms with van der Waals surface area (Å²) in [6, 6.07) is 0. The maximum absolute atomic E-state index is 11.1. The zero-order valence-corrected chi connectivity index (χ0v) is 9.64. The fraction of sp³-hybridized carbons (Fsp3) is 0.143. The summed E-state index contributed by atoms with van der Waals surface area (Å²) in [7, 11) is 0. The lowest BCUT2D eigenvalue weighted by Gasteiger charge is -1.98. The normalized spacial score (nSPS) is 11.4. The molecule has 0 fully saturated rings. The second kappa shape index (κ2) is 5.18. The third kappa shape index (κ3) is 2.76. The van der Waals surface area contributed by atoms with Crippen LogP contribution in [-0.2, 0) is 16.2 Å². The average molecular weight is 267 g/mol. The van der Waals surface area contributed by atoms with E-state index in [1.807, 2.05) is 0 Å². The Kier molecular flexibility index (Phi) is 3.43. The fourth-order valence-corrected chi connectivity index (χ4v) is 1.55. The summed E-state index contributed by atoms with van der Waals surface area (Å²) in [5, 5.41) is 18.0. The first kappa shape index (κ1) is 11.9. The van der Waals surface area contributed by atoms with E-state index in [0.29, 0.717) is 5.82 Å². The highest BCUT2D eigenvalue weighted by Crippen LogP contribution is 2.12. The molecule has 0 aliphatic heterocycles. The number of nitrogens with one attached hydrogen (secondary N) is 2. The van der Waals surface area contributed by atoms with Crippen molar-refractivity contribution in [3.63, 3.8) is 0 Å². The number of thiazole rings is 1. The molecule has 4 N–H and O–H groups in total. The lowest BCUT2D eigenvalue weighted by Crippen LogP contribution is -2.17. The molecule has 93 valence electrons. The summed E-state index contributed by atoms with van der Waals surface area (Å²) < 4.78 is 0. The first-order valence-corrected chi connectivity index (χ1v) is 5.44. The highest BCUT2D eigenvalue weighted by atomic mass is 32.1. The number of nitrogens with zero attached hydrogens (tertiary/aromatic N) is 5. The molecule has 2 heterocycles. The molecule has 11 heteroatoms. The van der Waals surface area contributed by atoms with Gasteiger partial charge < -0.3 is 10.6 Å². The van der Waals surface area contributed by atoms with Crippen molar-refractivity contribution in [1.29, 1.82) is 0 Å². The summed E-state index contributed by atoms with van der Waals surface area (Å²) >= 11 is 1.14. The molecule has 0 saturated carbocycles. The smallest absolute Gasteiger partial charge is 0.294 e. The van der Waals surface area contributed by atoms with E-state index >= 15 is 0 Å². The Hall–Kier alpha value is -2.56. The molecule has 10 nitrogen and oxygen atoms in total. The van der Waals surface area contributed by atoms with Crippen LogP contribution in [0.1, 0.15) is 11.5 Å². The minimum absolute atomic E-state index is 0.0522. The SMILES string of the molecule is [NH]C(=O)C(=NOCc1nnn[nH]1)c1csc(N)n1. The first-order chi connectivity index (χ1) is 8.66. The van der Waals surface area contributed by atoms with Crippen LogP contribution >= 0.6 is 11.3 Å². The van der Waals surface area contributed by atoms with Crippen molar-refractivity contribution in [2.24, 2.45) is 5.16 Å². The van der Waals surface area contributed by atoms with Crippen LogP contribution in [-0.4, -0.2) is 37.2 Å². The van der Waals surface area contributed by atoms with E-state index in [1.165, 1.54) is 5.38 Å². The summed E-state index contributed by atoms with van der Waals surface area (Å²) in [6.45, 7) is -0.0522. The molecule has 0 bridgehead atoms. The van der Waals surface area contributed by atoms with Crippen molar-refractivity contribution in [3.8, 4) is 0 Å². The minimum atomic E-state index is -1.02. The first-order valence-electron chi connectivity index (χ1n) is 4.56. The number of hydrogen-bond donors (Lipinski definition) is 2. The van der Waals surface area contributed by atoms with Crippen LogP contribution in [0.25, 0.3) is 0 Å². The molecule has 2 rings (SSSR count). The Morgan fingerprint density at radius 1 is 1.67 bits per heavy atom. The van der Waals surface area contributed by atoms with Crippen LogP contribution in [0.3, 0.4) is 0 Å². The molecule has 1 amide bonds. The van der Waals surface area contributed by atoms with Gasteiger partial charge in [-0.2, -0.15) is 0 Å². The van der Waals surface area contributed by atoms with Crippen LogP contribution in [0, 0.1) is 0 Å². The summed E-state index contributed by atoms with van der Waals surface area (Å²) in [4.78, 5) is 19.8. The number of aromatic nitrogens is 5. The van der Waals surface area contributed by atoms with Gasteiger partial charge in [0.15, 0.2) is 23.3 Å². The number of amides is 1. The van der Waals surface area contributed by atoms with E-state index in [1.54, 1.807) is 0 Å². The standard InChI is InChI=1S/C7H7N8O2S/c8-6(16)5(3-2-18-7(9)10-3)13-17-1-4-11-14-15-12-4/h2,8H,1H2,(H2,9,10)(H,11,12,14,15). The molecule has 1 radical (unpaired) electrons. The minimum Gasteiger partial charge on any atom is -0.387 e. The Morgan fingerprint density at radius 3 is 3.06 bits per heavy atom. The van der Waals surface area contributed by atoms with Gasteiger partial charge in [-0.3, -0.25) is 10.5 Å². The van der Waals surface area contributed by atoms with E-state index in [2.05, 4.69) is 30.8 Å². The van der Waals surface area contributed by atoms with Crippen molar-refractivity contribution < 1.29 is 9.63 Å². The van der Waals surface area contributed by atoms with Crippen molar-refractivity contribution in [1.82, 2.24) is 31.3 Å². The summed E-state index contributed by atoms with van der Waals surface area (Å²) in [5.41, 5.74) is 12.5. The Bertz CT molecular complexity index is 562. The molecule has 0 spiro atoms. The van der Waals surface area contributed by atoms with Crippen LogP contribution in [0.15, 0.2) is 10.5 Å². The Balaban J connectivity index is 2.08. The number of anilines is 1. The van der Waals surface area contributed by atoms with Gasteiger partial charge in [0.25, 0.3) is 5.91 Å². The van der Waals surface area contributed by atoms with E-state index in [9.17, 15) is 4.79 Å². The highest BCUT2D eigenvalue weighted by Gasteiger charge is 2.15. The van der Waals surface area contributed by atoms with Crippen molar-refractivity contribution in [2.75, 3.05) is 5.73 Å². The lowest BCUT2D eigenvalue weighted by atomic mass is 10.3. The van der Waals surface area contributed by atoms with E-state index in [4.69, 9.17) is 16.3 Å². The third-order valence-corrected chi connectivity index (χ3v) is 2.40. The Labute approximate surface area is 104 Å². The van der Waals surface area contributed by atoms with Crippen LogP contribution in [0.2, 0.25) is 0 Å². The number of carbonyl (C=O) groups excluding carboxylic acids is 1. The van der Waals surface area contributed by atoms with Crippen molar-refractivity contribution in [3.05, 3.63) is 16.9 Å². The Morgan fingerprint density at radius 2 is 2.50 bits per heavy atom. The van der Waals surface area contributed by atoms with Crippen LogP contribution in [0.4, 0.5) is 5.13 Å². The molecule has 0 unspecified atom stereocenters. The predicted octanol–water partition coefficient (Wildman–Crippen LogP) is -1.03. The molecule has 0 aliphatic carbocycles. The molecule has 0 aromatic carbocycles. The number of nitrogens with two attached hydrogens (primary N) is 1. The van der Waals surface area contributed by atoms with E-state index in [-0.39, 0.29) is 23.1 Å². The van der Waals surface area contributed by atoms with Gasteiger partial charge in [-0.1, -0.05) is 5.16 Å². The zero-order chi connectivity index (χ0) is 13.0. The molecule has 0 atom stereocenters. The highest BCUT2D eigenvalue weighted by molar-refractivity contribution is 7.13. The second-order valence-corrected chi connectivity index (χ2v) is 3.85. The van der Waals surface area contributed by atoms with Gasteiger partial charge in [-0.25, -0.2) is 10.1 Å². The number of H-pyrrole nitrogens is 1. The van der Waals surface area contributed by atoms with Gasteiger partial charge >= 0.3 is 0 Å². The quantitative estimate of drug-likeness (QED) is 0.518. The third-order valence-electron chi connectivity index (χ3n) is 1.73. The molecule has 0 saturated heterocycles. The van der Waals surface area contributed by atoms with Gasteiger partial charge in [-0.05, 0) is 10.4 Å². The molecule has 18 heavy (non-hydrogen) atoms. The number of oxime groups is 1. The van der Waals surface area contributed by atoms with Gasteiger partial charge in [0.05, 0.1) is 0 Å². The summed E-state index contributed by atoms with van der Waals surface area (Å²) in [5.74, 6) is -0.677. The van der Waals surface area contributed by atoms with Crippen LogP contribution in [0.5, 0.6) is 0 Å². The van der Waals surface area contributed by atoms with Crippen molar-refractivity contribution in [2.45, 2.75) is 6.61 Å². The fourth-order valence-electron chi connectivity index (χ4n) is 0.999. The monoisotopic (exact) mass is 267 g/mol. The largest absolute Gasteiger partial charge is 0.387 e. The number of tetrazole rings is 1. The number of rotatable bonds is 5. The molecular weight excluding hydrogens is 260 g/mol. The molecular formula is C7H7N8O2S. The molecule has 2 aromatic heterocycles. The van der Waals surface area contributed by atoms with E-state index < -0.39 is 5.91 Å². The lowest BCUT2D eigenvalue weighted by molar-refractivity contribution is -0.112. The van der Waals surface area contributed by atoms with Gasteiger partial charge in [0, 0.05) is 5.38 Å². The zero-order valence-electron chi connectivity index (χ0n) is 8.82. The van der Waals surface area contributed by atoms with Crippen molar-refractivity contribution >= 4 is 28.1 Å². The average Bonchev–Trinajstić information content (AvgIpc) is 2.95. The molecule has 0 aliphatic rings. The number of nitrogen functional groups attached to an aromatic ring is 1. The van der Waals surface area contributed by atoms with Gasteiger partial charge in [0.2, 0.25) is 0 Å². The predicted molar refractivity (Wildman–Crippen MR) is 60.1 cm³/mol. The number of carbonyl (C=O) groups is 1. The van der Waals surface area contributed by atoms with Crippen LogP contribution < -0.4 is 11.5 Å². The van der Waals surface area contributed by atoms with Gasteiger partial charge in [0.1, 0.15) is 5.69 Å². The molecule has 2 aromatic rings. The number of aromatic amines is 1. The maximum Gasteiger partial charge on any atom is 0.294 e. The topological polar surface area (TPSA) is 156 Å². The van der Waals surface area contributed by atoms with E-state index in [0.717, 1.165) is 11.3 Å².